The maximum atomic E-state index is 5.46. The van der Waals surface area contributed by atoms with Crippen LogP contribution in [-0.4, -0.2) is 9.97 Å². The Morgan fingerprint density at radius 3 is 1.78 bits per heavy atom. The molecule has 0 fully saturated rings. The molecule has 2 nitrogen and oxygen atoms in total. The summed E-state index contributed by atoms with van der Waals surface area (Å²) in [6.07, 6.45) is 3.73. The minimum Gasteiger partial charge on any atom is -0.264 e. The van der Waals surface area contributed by atoms with Crippen molar-refractivity contribution in [3.63, 3.8) is 0 Å². The SMILES string of the molecule is Cc1c(-c2ccc3ccccc3c2)cc(-c2ccc(-c3cccc(-c4cccnc4)c3)c3ccccc23)nc1-c1ccc(-c2ccccc2)cc1. The van der Waals surface area contributed by atoms with Crippen LogP contribution in [0.1, 0.15) is 5.56 Å². The lowest BCUT2D eigenvalue weighted by Crippen LogP contribution is -1.97. The quantitative estimate of drug-likeness (QED) is 0.179. The summed E-state index contributed by atoms with van der Waals surface area (Å²) in [5, 5.41) is 4.83. The Bertz CT molecular complexity index is 2680. The summed E-state index contributed by atoms with van der Waals surface area (Å²) >= 11 is 0. The van der Waals surface area contributed by atoms with E-state index in [0.717, 1.165) is 39.2 Å². The van der Waals surface area contributed by atoms with Crippen molar-refractivity contribution in [2.75, 3.05) is 0 Å². The fourth-order valence-electron chi connectivity index (χ4n) is 7.31. The van der Waals surface area contributed by atoms with Crippen LogP contribution in [-0.2, 0) is 0 Å². The highest BCUT2D eigenvalue weighted by Crippen LogP contribution is 2.40. The number of aromatic nitrogens is 2. The van der Waals surface area contributed by atoms with Crippen LogP contribution in [0.2, 0.25) is 0 Å². The monoisotopic (exact) mass is 650 g/mol. The number of rotatable bonds is 6. The Morgan fingerprint density at radius 1 is 0.373 bits per heavy atom. The van der Waals surface area contributed by atoms with Gasteiger partial charge in [-0.15, -0.1) is 0 Å². The molecule has 0 atom stereocenters. The van der Waals surface area contributed by atoms with Gasteiger partial charge in [-0.05, 0) is 97.2 Å². The molecule has 0 bridgehead atoms. The Morgan fingerprint density at radius 2 is 0.980 bits per heavy atom. The molecule has 0 amide bonds. The lowest BCUT2D eigenvalue weighted by Gasteiger charge is -2.17. The molecule has 0 aliphatic rings. The van der Waals surface area contributed by atoms with E-state index in [0.29, 0.717) is 0 Å². The van der Waals surface area contributed by atoms with E-state index in [1.807, 2.05) is 18.5 Å². The summed E-state index contributed by atoms with van der Waals surface area (Å²) in [6, 6.07) is 63.0. The topological polar surface area (TPSA) is 25.8 Å². The molecule has 0 saturated carbocycles. The minimum absolute atomic E-state index is 0.956. The van der Waals surface area contributed by atoms with E-state index >= 15 is 0 Å². The molecule has 240 valence electrons. The number of nitrogens with zero attached hydrogens (tertiary/aromatic N) is 2. The van der Waals surface area contributed by atoms with Gasteiger partial charge in [0.2, 0.25) is 0 Å². The largest absolute Gasteiger partial charge is 0.264 e. The zero-order valence-corrected chi connectivity index (χ0v) is 28.3. The van der Waals surface area contributed by atoms with Crippen LogP contribution in [0.3, 0.4) is 0 Å². The van der Waals surface area contributed by atoms with Crippen LogP contribution in [0.15, 0.2) is 188 Å². The van der Waals surface area contributed by atoms with Crippen LogP contribution in [0.5, 0.6) is 0 Å². The van der Waals surface area contributed by atoms with Crippen molar-refractivity contribution >= 4 is 21.5 Å². The molecular formula is C49H34N2. The molecule has 0 aliphatic carbocycles. The van der Waals surface area contributed by atoms with Crippen molar-refractivity contribution < 1.29 is 0 Å². The third-order valence-corrected chi connectivity index (χ3v) is 9.97. The van der Waals surface area contributed by atoms with Gasteiger partial charge in [-0.25, -0.2) is 4.98 Å². The Balaban J connectivity index is 1.22. The zero-order chi connectivity index (χ0) is 34.1. The molecule has 2 heterocycles. The zero-order valence-electron chi connectivity index (χ0n) is 28.3. The summed E-state index contributed by atoms with van der Waals surface area (Å²) in [6.45, 7) is 2.21. The van der Waals surface area contributed by atoms with E-state index in [-0.39, 0.29) is 0 Å². The second-order valence-corrected chi connectivity index (χ2v) is 13.1. The normalized spacial score (nSPS) is 11.2. The van der Waals surface area contributed by atoms with Crippen molar-refractivity contribution in [3.8, 4) is 67.0 Å². The van der Waals surface area contributed by atoms with Gasteiger partial charge in [0.1, 0.15) is 0 Å². The van der Waals surface area contributed by atoms with Gasteiger partial charge in [-0.1, -0.05) is 152 Å². The van der Waals surface area contributed by atoms with Crippen molar-refractivity contribution in [1.29, 1.82) is 0 Å². The number of fused-ring (bicyclic) bond motifs is 2. The van der Waals surface area contributed by atoms with E-state index in [2.05, 4.69) is 182 Å². The maximum Gasteiger partial charge on any atom is 0.0744 e. The molecule has 0 spiro atoms. The molecule has 0 aliphatic heterocycles. The van der Waals surface area contributed by atoms with Gasteiger partial charge in [0.05, 0.1) is 11.4 Å². The summed E-state index contributed by atoms with van der Waals surface area (Å²) in [7, 11) is 0. The number of benzene rings is 7. The van der Waals surface area contributed by atoms with E-state index < -0.39 is 0 Å². The first-order valence-corrected chi connectivity index (χ1v) is 17.4. The fraction of sp³-hybridized carbons (Fsp3) is 0.0204. The van der Waals surface area contributed by atoms with Crippen LogP contribution in [0.4, 0.5) is 0 Å². The van der Waals surface area contributed by atoms with Gasteiger partial charge in [0.15, 0.2) is 0 Å². The second kappa shape index (κ2) is 13.0. The molecule has 9 rings (SSSR count). The highest BCUT2D eigenvalue weighted by molar-refractivity contribution is 6.05. The van der Waals surface area contributed by atoms with Gasteiger partial charge in [-0.2, -0.15) is 0 Å². The van der Waals surface area contributed by atoms with Gasteiger partial charge in [0.25, 0.3) is 0 Å². The second-order valence-electron chi connectivity index (χ2n) is 13.1. The van der Waals surface area contributed by atoms with Crippen molar-refractivity contribution in [2.24, 2.45) is 0 Å². The predicted octanol–water partition coefficient (Wildman–Crippen LogP) is 13.1. The van der Waals surface area contributed by atoms with Crippen molar-refractivity contribution in [2.45, 2.75) is 6.92 Å². The van der Waals surface area contributed by atoms with E-state index in [1.165, 1.54) is 54.9 Å². The molecule has 0 radical (unpaired) electrons. The highest BCUT2D eigenvalue weighted by atomic mass is 14.7. The maximum absolute atomic E-state index is 5.46. The molecule has 0 N–H and O–H groups in total. The lowest BCUT2D eigenvalue weighted by molar-refractivity contribution is 1.27. The van der Waals surface area contributed by atoms with Crippen LogP contribution < -0.4 is 0 Å². The third-order valence-electron chi connectivity index (χ3n) is 9.97. The van der Waals surface area contributed by atoms with Crippen molar-refractivity contribution in [1.82, 2.24) is 9.97 Å². The van der Waals surface area contributed by atoms with Gasteiger partial charge in [0, 0.05) is 29.1 Å². The molecule has 51 heavy (non-hydrogen) atoms. The number of pyridine rings is 2. The molecule has 2 aromatic heterocycles. The van der Waals surface area contributed by atoms with Crippen LogP contribution >= 0.6 is 0 Å². The standard InChI is InChI=1S/C49H34N2/c1-33-47(41-25-22-35-13-5-6-14-38(35)29-41)31-48(51-49(33)37-23-20-36(21-24-37)34-11-3-2-4-12-34)46-27-26-43(44-18-7-8-19-45(44)46)40-16-9-15-39(30-40)42-17-10-28-50-32-42/h2-32H,1H3. The Hall–Kier alpha value is -6.64. The fourth-order valence-corrected chi connectivity index (χ4v) is 7.31. The Kier molecular flexibility index (Phi) is 7.75. The molecule has 2 heteroatoms. The first-order chi connectivity index (χ1) is 25.2. The van der Waals surface area contributed by atoms with Gasteiger partial charge in [-0.3, -0.25) is 4.98 Å². The van der Waals surface area contributed by atoms with E-state index in [1.54, 1.807) is 0 Å². The summed E-state index contributed by atoms with van der Waals surface area (Å²) < 4.78 is 0. The van der Waals surface area contributed by atoms with Gasteiger partial charge >= 0.3 is 0 Å². The summed E-state index contributed by atoms with van der Waals surface area (Å²) in [4.78, 5) is 9.81. The summed E-state index contributed by atoms with van der Waals surface area (Å²) in [5.74, 6) is 0. The van der Waals surface area contributed by atoms with E-state index in [4.69, 9.17) is 4.98 Å². The highest BCUT2D eigenvalue weighted by Gasteiger charge is 2.17. The smallest absolute Gasteiger partial charge is 0.0744 e. The lowest BCUT2D eigenvalue weighted by atomic mass is 9.90. The number of hydrogen-bond acceptors (Lipinski definition) is 2. The first-order valence-electron chi connectivity index (χ1n) is 17.4. The minimum atomic E-state index is 0.956. The van der Waals surface area contributed by atoms with Crippen LogP contribution in [0.25, 0.3) is 88.6 Å². The molecule has 7 aromatic carbocycles. The van der Waals surface area contributed by atoms with Crippen LogP contribution in [0, 0.1) is 6.92 Å². The average molecular weight is 651 g/mol. The summed E-state index contributed by atoms with van der Waals surface area (Å²) in [5.41, 5.74) is 14.7. The number of hydrogen-bond donors (Lipinski definition) is 0. The predicted molar refractivity (Wildman–Crippen MR) is 214 cm³/mol. The third kappa shape index (κ3) is 5.77. The molecular weight excluding hydrogens is 617 g/mol. The molecule has 0 saturated heterocycles. The van der Waals surface area contributed by atoms with Crippen molar-refractivity contribution in [3.05, 3.63) is 194 Å². The first kappa shape index (κ1) is 30.4. The van der Waals surface area contributed by atoms with Gasteiger partial charge < -0.3 is 0 Å². The van der Waals surface area contributed by atoms with E-state index in [9.17, 15) is 0 Å². The molecule has 0 unspecified atom stereocenters. The molecule has 9 aromatic rings. The average Bonchev–Trinajstić information content (AvgIpc) is 3.21. The Labute approximate surface area is 298 Å².